The molecule has 0 spiro atoms. The fraction of sp³-hybridized carbons (Fsp3) is 0.421. The van der Waals surface area contributed by atoms with Gasteiger partial charge >= 0.3 is 12.2 Å². The fourth-order valence-electron chi connectivity index (χ4n) is 8.07. The minimum Gasteiger partial charge on any atom is -0.490 e. The van der Waals surface area contributed by atoms with Crippen molar-refractivity contribution in [2.45, 2.75) is 57.3 Å². The van der Waals surface area contributed by atoms with Crippen molar-refractivity contribution in [1.82, 2.24) is 19.9 Å². The smallest absolute Gasteiger partial charge is 0.420 e. The van der Waals surface area contributed by atoms with Crippen molar-refractivity contribution in [3.05, 3.63) is 58.8 Å². The van der Waals surface area contributed by atoms with Gasteiger partial charge in [0.25, 0.3) is 0 Å². The number of fused-ring (bicyclic) bond motifs is 2. The normalized spacial score (nSPS) is 16.5. The Bertz CT molecular complexity index is 2520. The van der Waals surface area contributed by atoms with Gasteiger partial charge in [-0.15, -0.1) is 11.3 Å². The molecule has 3 aromatic heterocycles. The summed E-state index contributed by atoms with van der Waals surface area (Å²) in [7, 11) is -2.67. The molecule has 19 heteroatoms. The van der Waals surface area contributed by atoms with Crippen molar-refractivity contribution in [1.29, 1.82) is 5.26 Å². The maximum Gasteiger partial charge on any atom is 0.420 e. The third-order valence-corrected chi connectivity index (χ3v) is 12.7. The Kier molecular flexibility index (Phi) is 10.8. The number of pyridine rings is 1. The topological polar surface area (TPSA) is 174 Å². The van der Waals surface area contributed by atoms with Crippen molar-refractivity contribution < 1.29 is 39.8 Å². The molecule has 2 fully saturated rings. The van der Waals surface area contributed by atoms with Gasteiger partial charge in [-0.25, -0.2) is 22.2 Å². The second-order valence-corrected chi connectivity index (χ2v) is 17.7. The third kappa shape index (κ3) is 7.57. The van der Waals surface area contributed by atoms with Gasteiger partial charge in [-0.05, 0) is 62.9 Å². The second kappa shape index (κ2) is 15.4. The Labute approximate surface area is 329 Å². The molecule has 4 N–H and O–H groups in total. The molecule has 0 radical (unpaired) electrons. The van der Waals surface area contributed by atoms with Crippen LogP contribution in [0, 0.1) is 23.0 Å². The lowest BCUT2D eigenvalue weighted by Gasteiger charge is -2.31. The molecule has 3 aliphatic rings. The van der Waals surface area contributed by atoms with E-state index in [-0.39, 0.29) is 81.1 Å². The first-order valence-electron chi connectivity index (χ1n) is 18.2. The Morgan fingerprint density at radius 1 is 1.09 bits per heavy atom. The van der Waals surface area contributed by atoms with E-state index in [9.17, 15) is 13.7 Å². The number of nitrogens with two attached hydrogens (primary N) is 2. The number of hydrogen-bond acceptors (Lipinski definition) is 13. The number of hydrogen-bond donors (Lipinski definition) is 2. The number of halogens is 5. The van der Waals surface area contributed by atoms with Crippen molar-refractivity contribution in [3.63, 3.8) is 0 Å². The van der Waals surface area contributed by atoms with Crippen LogP contribution in [0.1, 0.15) is 55.7 Å². The number of ether oxygens (including phenoxy) is 2. The summed E-state index contributed by atoms with van der Waals surface area (Å²) < 4.78 is 111. The molecule has 6 heterocycles. The predicted octanol–water partition coefficient (Wildman–Crippen LogP) is 7.09. The summed E-state index contributed by atoms with van der Waals surface area (Å²) in [6.45, 7) is 3.77. The zero-order chi connectivity index (χ0) is 40.9. The number of nitriles is 1. The highest BCUT2D eigenvalue weighted by Crippen LogP contribution is 2.53. The number of nitrogens with zero attached hydrogens (tertiary/aromatic N) is 6. The zero-order valence-electron chi connectivity index (χ0n) is 31.0. The summed E-state index contributed by atoms with van der Waals surface area (Å²) in [6, 6.07) is 6.96. The summed E-state index contributed by atoms with van der Waals surface area (Å²) in [4.78, 5) is 17.2. The molecule has 0 unspecified atom stereocenters. The van der Waals surface area contributed by atoms with Gasteiger partial charge in [-0.3, -0.25) is 4.90 Å². The molecule has 5 aromatic rings. The molecule has 0 amide bonds. The van der Waals surface area contributed by atoms with Crippen LogP contribution in [0.15, 0.2) is 30.5 Å². The molecule has 0 aliphatic carbocycles. The molecular formula is C38H39F5N8O4S2. The summed E-state index contributed by atoms with van der Waals surface area (Å²) in [6.07, 6.45) is 2.09. The Hall–Kier alpha value is -5.06. The Morgan fingerprint density at radius 3 is 2.46 bits per heavy atom. The number of anilines is 3. The number of sulfone groups is 1. The molecule has 12 nitrogen and oxygen atoms in total. The van der Waals surface area contributed by atoms with E-state index >= 15 is 22.0 Å². The highest BCUT2D eigenvalue weighted by molar-refractivity contribution is 7.90. The third-order valence-electron chi connectivity index (χ3n) is 10.5. The van der Waals surface area contributed by atoms with Crippen molar-refractivity contribution >= 4 is 58.8 Å². The van der Waals surface area contributed by atoms with Gasteiger partial charge in [0.2, 0.25) is 0 Å². The van der Waals surface area contributed by atoms with E-state index in [1.54, 1.807) is 17.0 Å². The Balaban J connectivity index is 0.000000651. The van der Waals surface area contributed by atoms with Crippen molar-refractivity contribution in [2.75, 3.05) is 61.2 Å². The number of nitrogen functional groups attached to an aromatic ring is 2. The largest absolute Gasteiger partial charge is 0.490 e. The van der Waals surface area contributed by atoms with E-state index in [1.807, 2.05) is 13.0 Å². The standard InChI is InChI=1S/C34H29F5N8O2S.C4H10O2S/c35-20-6-5-18(21-19(14-40)30(42)50-28(20)21)22-24(34(37,38)39)27-23-26(25(22)36)44-32(49-16-33-7-2-10-47(33)11-3-8-33)45-31(23)46(12-13-48-27)15-17-4-1-9-43-29(17)41;1-3-4-7(2,5)6/h1,4-6,9H,2-3,7-8,10-13,15-16,42H2,(H2,41,43);3-4H2,1-2H3. The molecule has 302 valence electrons. The highest BCUT2D eigenvalue weighted by atomic mass is 32.2. The van der Waals surface area contributed by atoms with Crippen LogP contribution in [0.25, 0.3) is 32.1 Å². The first-order chi connectivity index (χ1) is 27.1. The predicted molar refractivity (Wildman–Crippen MR) is 208 cm³/mol. The van der Waals surface area contributed by atoms with E-state index in [0.29, 0.717) is 22.7 Å². The lowest BCUT2D eigenvalue weighted by atomic mass is 9.91. The van der Waals surface area contributed by atoms with Crippen LogP contribution in [-0.4, -0.2) is 78.7 Å². The van der Waals surface area contributed by atoms with Crippen molar-refractivity contribution in [3.8, 4) is 29.0 Å². The van der Waals surface area contributed by atoms with Gasteiger partial charge < -0.3 is 25.8 Å². The van der Waals surface area contributed by atoms with E-state index in [2.05, 4.69) is 19.9 Å². The average molecular weight is 831 g/mol. The van der Waals surface area contributed by atoms with Gasteiger partial charge in [0.05, 0.1) is 27.7 Å². The SMILES string of the molecule is CCCS(C)(=O)=O.N#Cc1c(N)sc2c(F)ccc(-c3c(C(F)(F)F)c4c5c(nc(OCC67CCCN6CCC7)nc5c3F)N(Cc3cccnc3N)CCO4)c12. The van der Waals surface area contributed by atoms with Crippen LogP contribution in [0.5, 0.6) is 11.8 Å². The molecule has 2 saturated heterocycles. The minimum absolute atomic E-state index is 0.0364. The number of alkyl halides is 3. The molecule has 8 rings (SSSR count). The monoisotopic (exact) mass is 830 g/mol. The van der Waals surface area contributed by atoms with Gasteiger partial charge in [0.15, 0.2) is 5.82 Å². The number of aromatic nitrogens is 3. The van der Waals surface area contributed by atoms with Gasteiger partial charge in [0, 0.05) is 41.3 Å². The van der Waals surface area contributed by atoms with Crippen LogP contribution in [0.3, 0.4) is 0 Å². The van der Waals surface area contributed by atoms with Crippen LogP contribution < -0.4 is 25.8 Å². The molecular weight excluding hydrogens is 792 g/mol. The van der Waals surface area contributed by atoms with Crippen LogP contribution in [-0.2, 0) is 22.6 Å². The first kappa shape index (κ1) is 40.1. The lowest BCUT2D eigenvalue weighted by Crippen LogP contribution is -2.43. The van der Waals surface area contributed by atoms with E-state index in [1.165, 1.54) is 12.5 Å². The lowest BCUT2D eigenvalue weighted by molar-refractivity contribution is -0.138. The highest BCUT2D eigenvalue weighted by Gasteiger charge is 2.46. The number of thiophene rings is 1. The molecule has 0 bridgehead atoms. The molecule has 0 saturated carbocycles. The maximum absolute atomic E-state index is 17.3. The van der Waals surface area contributed by atoms with Gasteiger partial charge in [-0.2, -0.15) is 28.4 Å². The zero-order valence-corrected chi connectivity index (χ0v) is 32.7. The molecule has 0 atom stereocenters. The summed E-state index contributed by atoms with van der Waals surface area (Å²) in [5, 5.41) is 9.24. The second-order valence-electron chi connectivity index (χ2n) is 14.4. The quantitative estimate of drug-likeness (QED) is 0.152. The van der Waals surface area contributed by atoms with Gasteiger partial charge in [0.1, 0.15) is 68.4 Å². The van der Waals surface area contributed by atoms with E-state index in [0.717, 1.165) is 57.3 Å². The fourth-order valence-corrected chi connectivity index (χ4v) is 9.76. The molecule has 2 aromatic carbocycles. The van der Waals surface area contributed by atoms with Crippen LogP contribution in [0.2, 0.25) is 0 Å². The number of rotatable bonds is 8. The van der Waals surface area contributed by atoms with E-state index < -0.39 is 50.0 Å². The molecule has 3 aliphatic heterocycles. The van der Waals surface area contributed by atoms with Crippen LogP contribution >= 0.6 is 11.3 Å². The van der Waals surface area contributed by atoms with Gasteiger partial charge in [-0.1, -0.05) is 19.1 Å². The maximum atomic E-state index is 17.3. The first-order valence-corrected chi connectivity index (χ1v) is 21.1. The number of benzene rings is 2. The van der Waals surface area contributed by atoms with Crippen LogP contribution in [0.4, 0.5) is 38.6 Å². The summed E-state index contributed by atoms with van der Waals surface area (Å²) in [5.41, 5.74) is 8.95. The van der Waals surface area contributed by atoms with E-state index in [4.69, 9.17) is 20.9 Å². The molecule has 57 heavy (non-hydrogen) atoms. The summed E-state index contributed by atoms with van der Waals surface area (Å²) in [5.74, 6) is -2.38. The minimum atomic E-state index is -5.18. The Morgan fingerprint density at radius 2 is 1.82 bits per heavy atom. The van der Waals surface area contributed by atoms with Crippen molar-refractivity contribution in [2.24, 2.45) is 0 Å². The summed E-state index contributed by atoms with van der Waals surface area (Å²) >= 11 is 0.693. The average Bonchev–Trinajstić information content (AvgIpc) is 3.80.